The lowest BCUT2D eigenvalue weighted by Crippen LogP contribution is -2.54. The molecule has 1 fully saturated rings. The van der Waals surface area contributed by atoms with Crippen LogP contribution in [0.15, 0.2) is 6.20 Å². The quantitative estimate of drug-likeness (QED) is 0.233. The highest BCUT2D eigenvalue weighted by Crippen LogP contribution is 2.32. The van der Waals surface area contributed by atoms with E-state index in [2.05, 4.69) is 9.97 Å². The van der Waals surface area contributed by atoms with Crippen molar-refractivity contribution in [2.45, 2.75) is 30.5 Å². The topological polar surface area (TPSA) is 142 Å². The number of nitrogens with zero attached hydrogens (tertiary/aromatic N) is 2. The maximum Gasteiger partial charge on any atom is 0.432 e. The highest BCUT2D eigenvalue weighted by atomic mass is 127. The van der Waals surface area contributed by atoms with Gasteiger partial charge in [0.15, 0.2) is 5.69 Å². The second-order valence-electron chi connectivity index (χ2n) is 4.13. The van der Waals surface area contributed by atoms with Crippen LogP contribution in [0.2, 0.25) is 0 Å². The van der Waals surface area contributed by atoms with Crippen molar-refractivity contribution >= 4 is 28.5 Å². The van der Waals surface area contributed by atoms with Gasteiger partial charge in [-0.2, -0.15) is 0 Å². The molecule has 4 N–H and O–H groups in total. The van der Waals surface area contributed by atoms with Crippen LogP contribution in [-0.4, -0.2) is 59.1 Å². The number of alkyl halides is 1. The fraction of sp³-hybridized carbons (Fsp3) is 0.667. The van der Waals surface area contributed by atoms with Gasteiger partial charge in [-0.15, -0.1) is 0 Å². The molecule has 1 saturated heterocycles. The minimum absolute atomic E-state index is 0.111. The van der Waals surface area contributed by atoms with Gasteiger partial charge in [-0.25, -0.2) is 4.98 Å². The summed E-state index contributed by atoms with van der Waals surface area (Å²) in [4.78, 5) is 15.8. The number of halogens is 1. The summed E-state index contributed by atoms with van der Waals surface area (Å²) in [6, 6.07) is 0. The van der Waals surface area contributed by atoms with E-state index in [1.54, 1.807) is 0 Å². The summed E-state index contributed by atoms with van der Waals surface area (Å²) in [5.41, 5.74) is 0.111. The van der Waals surface area contributed by atoms with Gasteiger partial charge in [0.2, 0.25) is 0 Å². The van der Waals surface area contributed by atoms with Crippen molar-refractivity contribution in [2.24, 2.45) is 0 Å². The van der Waals surface area contributed by atoms with Crippen LogP contribution in [0.25, 0.3) is 0 Å². The Morgan fingerprint density at radius 3 is 2.63 bits per heavy atom. The number of nitrogens with one attached hydrogen (secondary N) is 1. The summed E-state index contributed by atoms with van der Waals surface area (Å²) in [5, 5.41) is 39.8. The first kappa shape index (κ1) is 14.6. The number of imidazole rings is 1. The van der Waals surface area contributed by atoms with E-state index >= 15 is 0 Å². The Morgan fingerprint density at radius 2 is 2.11 bits per heavy atom. The van der Waals surface area contributed by atoms with Crippen LogP contribution in [0.3, 0.4) is 0 Å². The molecule has 0 aliphatic carbocycles. The van der Waals surface area contributed by atoms with E-state index in [1.807, 2.05) is 22.6 Å². The molecule has 5 atom stereocenters. The number of hydrogen-bond donors (Lipinski definition) is 4. The summed E-state index contributed by atoms with van der Waals surface area (Å²) in [7, 11) is 0. The van der Waals surface area contributed by atoms with E-state index in [-0.39, 0.29) is 5.69 Å². The number of rotatable bonds is 3. The molecule has 0 bridgehead atoms. The Kier molecular flexibility index (Phi) is 4.35. The minimum atomic E-state index is -1.41. The molecule has 1 aliphatic heterocycles. The SMILES string of the molecule is O=[N+]([O-])c1nc([C@@H]2O[C@H](CI)[C@H](O)[C@H](O)[C@H]2O)c[nH]1. The maximum absolute atomic E-state index is 10.5. The molecule has 1 aromatic heterocycles. The molecule has 106 valence electrons. The lowest BCUT2D eigenvalue weighted by molar-refractivity contribution is -0.393. The molecule has 0 aromatic carbocycles. The molecule has 0 radical (unpaired) electrons. The van der Waals surface area contributed by atoms with E-state index in [0.717, 1.165) is 0 Å². The molecule has 2 heterocycles. The molecule has 0 amide bonds. The van der Waals surface area contributed by atoms with Crippen molar-refractivity contribution in [3.63, 3.8) is 0 Å². The predicted molar refractivity (Wildman–Crippen MR) is 69.8 cm³/mol. The van der Waals surface area contributed by atoms with Crippen molar-refractivity contribution < 1.29 is 25.0 Å². The Labute approximate surface area is 120 Å². The van der Waals surface area contributed by atoms with E-state index < -0.39 is 41.4 Å². The second-order valence-corrected chi connectivity index (χ2v) is 5.01. The fourth-order valence-electron chi connectivity index (χ4n) is 1.89. The van der Waals surface area contributed by atoms with Crippen LogP contribution < -0.4 is 0 Å². The van der Waals surface area contributed by atoms with Gasteiger partial charge in [-0.3, -0.25) is 0 Å². The van der Waals surface area contributed by atoms with Gasteiger partial charge >= 0.3 is 5.95 Å². The highest BCUT2D eigenvalue weighted by molar-refractivity contribution is 14.1. The monoisotopic (exact) mass is 385 g/mol. The third kappa shape index (κ3) is 2.72. The molecule has 10 heteroatoms. The molecule has 19 heavy (non-hydrogen) atoms. The van der Waals surface area contributed by atoms with Gasteiger partial charge in [0.05, 0.1) is 6.10 Å². The number of nitro groups is 1. The Balaban J connectivity index is 2.24. The molecule has 2 rings (SSSR count). The van der Waals surface area contributed by atoms with Gasteiger partial charge in [-0.1, -0.05) is 27.6 Å². The van der Waals surface area contributed by atoms with Crippen LogP contribution in [0.1, 0.15) is 11.8 Å². The molecule has 9 nitrogen and oxygen atoms in total. The number of aromatic nitrogens is 2. The van der Waals surface area contributed by atoms with Gasteiger partial charge in [0.1, 0.15) is 30.6 Å². The third-order valence-electron chi connectivity index (χ3n) is 2.91. The number of H-pyrrole nitrogens is 1. The predicted octanol–water partition coefficient (Wildman–Crippen LogP) is -0.725. The molecule has 0 unspecified atom stereocenters. The van der Waals surface area contributed by atoms with Crippen LogP contribution in [0.4, 0.5) is 5.95 Å². The average Bonchev–Trinajstić information content (AvgIpc) is 2.86. The summed E-state index contributed by atoms with van der Waals surface area (Å²) < 4.78 is 5.83. The minimum Gasteiger partial charge on any atom is -0.390 e. The highest BCUT2D eigenvalue weighted by Gasteiger charge is 2.45. The summed E-state index contributed by atoms with van der Waals surface area (Å²) in [5.74, 6) is -0.475. The first-order valence-corrected chi connectivity index (χ1v) is 6.93. The maximum atomic E-state index is 10.5. The van der Waals surface area contributed by atoms with Crippen LogP contribution in [0, 0.1) is 10.1 Å². The molecular weight excluding hydrogens is 373 g/mol. The summed E-state index contributed by atoms with van der Waals surface area (Å²) >= 11 is 1.97. The van der Waals surface area contributed by atoms with E-state index in [4.69, 9.17) is 4.74 Å². The smallest absolute Gasteiger partial charge is 0.390 e. The first-order chi connectivity index (χ1) is 8.95. The van der Waals surface area contributed by atoms with Gasteiger partial charge in [-0.05, 0) is 4.92 Å². The average molecular weight is 385 g/mol. The molecule has 0 spiro atoms. The summed E-state index contributed by atoms with van der Waals surface area (Å²) in [6.07, 6.45) is -4.48. The Hall–Kier alpha value is -0.820. The van der Waals surface area contributed by atoms with Crippen LogP contribution >= 0.6 is 22.6 Å². The van der Waals surface area contributed by atoms with Crippen molar-refractivity contribution in [3.05, 3.63) is 22.0 Å². The lowest BCUT2D eigenvalue weighted by Gasteiger charge is -2.38. The van der Waals surface area contributed by atoms with E-state index in [1.165, 1.54) is 6.20 Å². The molecule has 0 saturated carbocycles. The number of aliphatic hydroxyl groups is 3. The number of ether oxygens (including phenoxy) is 1. The number of aliphatic hydroxyl groups excluding tert-OH is 3. The molecular formula is C9H12IN3O6. The third-order valence-corrected chi connectivity index (χ3v) is 3.78. The van der Waals surface area contributed by atoms with E-state index in [9.17, 15) is 25.4 Å². The van der Waals surface area contributed by atoms with Crippen molar-refractivity contribution in [1.29, 1.82) is 0 Å². The zero-order valence-electron chi connectivity index (χ0n) is 9.51. The number of hydrogen-bond acceptors (Lipinski definition) is 7. The van der Waals surface area contributed by atoms with Gasteiger partial charge < -0.3 is 30.2 Å². The lowest BCUT2D eigenvalue weighted by atomic mass is 9.94. The molecule has 1 aromatic rings. The number of aromatic amines is 1. The molecule has 1 aliphatic rings. The Morgan fingerprint density at radius 1 is 1.42 bits per heavy atom. The largest absolute Gasteiger partial charge is 0.432 e. The zero-order valence-corrected chi connectivity index (χ0v) is 11.7. The summed E-state index contributed by atoms with van der Waals surface area (Å²) in [6.45, 7) is 0. The van der Waals surface area contributed by atoms with E-state index in [0.29, 0.717) is 4.43 Å². The Bertz CT molecular complexity index is 467. The standard InChI is InChI=1S/C9H12IN3O6/c10-1-4-5(14)6(15)7(16)8(19-4)3-2-11-9(12-3)13(17)18/h2,4-8,14-16H,1H2,(H,11,12)/t4-,5+,6+,7-,8+/m1/s1. The first-order valence-electron chi connectivity index (χ1n) is 5.41. The zero-order chi connectivity index (χ0) is 14.2. The second kappa shape index (κ2) is 5.66. The van der Waals surface area contributed by atoms with Gasteiger partial charge in [0.25, 0.3) is 0 Å². The fourth-order valence-corrected chi connectivity index (χ4v) is 2.62. The van der Waals surface area contributed by atoms with Crippen molar-refractivity contribution in [3.8, 4) is 0 Å². The normalized spacial score (nSPS) is 35.3. The van der Waals surface area contributed by atoms with Crippen LogP contribution in [-0.2, 0) is 4.74 Å². The van der Waals surface area contributed by atoms with Crippen LogP contribution in [0.5, 0.6) is 0 Å². The van der Waals surface area contributed by atoms with Gasteiger partial charge in [0, 0.05) is 4.43 Å². The van der Waals surface area contributed by atoms with Crippen molar-refractivity contribution in [1.82, 2.24) is 9.97 Å². The van der Waals surface area contributed by atoms with Crippen molar-refractivity contribution in [2.75, 3.05) is 4.43 Å².